The van der Waals surface area contributed by atoms with E-state index in [4.69, 9.17) is 5.11 Å². The number of hydrogen-bond acceptors (Lipinski definition) is 5. The minimum atomic E-state index is -3.30. The van der Waals surface area contributed by atoms with Crippen LogP contribution in [0.3, 0.4) is 0 Å². The zero-order valence-electron chi connectivity index (χ0n) is 9.71. The lowest BCUT2D eigenvalue weighted by molar-refractivity contribution is 0.0695. The first kappa shape index (κ1) is 13.5. The van der Waals surface area contributed by atoms with Crippen LogP contribution in [0.25, 0.3) is 0 Å². The van der Waals surface area contributed by atoms with Crippen LogP contribution >= 0.6 is 0 Å². The second-order valence-corrected chi connectivity index (χ2v) is 5.70. The molecule has 0 radical (unpaired) electrons. The number of aryl methyl sites for hydroxylation is 1. The third-order valence-corrected chi connectivity index (χ3v) is 3.45. The summed E-state index contributed by atoms with van der Waals surface area (Å²) >= 11 is 0. The van der Waals surface area contributed by atoms with Crippen molar-refractivity contribution in [3.05, 3.63) is 23.3 Å². The van der Waals surface area contributed by atoms with Crippen molar-refractivity contribution in [2.45, 2.75) is 13.5 Å². The molecule has 0 aliphatic heterocycles. The molecule has 1 aromatic heterocycles. The highest BCUT2D eigenvalue weighted by atomic mass is 32.2. The number of carboxylic acid groups (broad SMARTS) is 1. The van der Waals surface area contributed by atoms with Crippen LogP contribution in [0.2, 0.25) is 0 Å². The molecule has 0 saturated heterocycles. The average molecular weight is 259 g/mol. The minimum absolute atomic E-state index is 0.00996. The van der Waals surface area contributed by atoms with Crippen LogP contribution in [-0.2, 0) is 16.6 Å². The maximum absolute atomic E-state index is 11.2. The molecule has 0 fully saturated rings. The molecule has 1 heterocycles. The molecule has 0 amide bonds. The summed E-state index contributed by atoms with van der Waals surface area (Å²) in [6.07, 6.45) is 2.25. The van der Waals surface area contributed by atoms with Crippen molar-refractivity contribution in [3.63, 3.8) is 0 Å². The van der Waals surface area contributed by atoms with Gasteiger partial charge < -0.3 is 5.11 Å². The molecule has 0 aromatic carbocycles. The van der Waals surface area contributed by atoms with E-state index >= 15 is 0 Å². The molecule has 1 rings (SSSR count). The van der Waals surface area contributed by atoms with E-state index in [0.29, 0.717) is 5.69 Å². The van der Waals surface area contributed by atoms with Crippen molar-refractivity contribution in [3.8, 4) is 0 Å². The lowest BCUT2D eigenvalue weighted by atomic mass is 10.2. The molecule has 7 nitrogen and oxygen atoms in total. The van der Waals surface area contributed by atoms with E-state index in [-0.39, 0.29) is 17.9 Å². The van der Waals surface area contributed by atoms with Crippen LogP contribution in [0.5, 0.6) is 0 Å². The Hall–Kier alpha value is -1.54. The molecule has 1 N–H and O–H groups in total. The van der Waals surface area contributed by atoms with Gasteiger partial charge in [-0.25, -0.2) is 23.2 Å². The highest BCUT2D eigenvalue weighted by molar-refractivity contribution is 7.88. The van der Waals surface area contributed by atoms with Crippen LogP contribution in [0.1, 0.15) is 21.9 Å². The first-order valence-electron chi connectivity index (χ1n) is 4.69. The second kappa shape index (κ2) is 4.76. The zero-order valence-corrected chi connectivity index (χ0v) is 10.5. The third-order valence-electron chi connectivity index (χ3n) is 2.19. The van der Waals surface area contributed by atoms with Gasteiger partial charge in [0.05, 0.1) is 24.1 Å². The number of carboxylic acids is 1. The monoisotopic (exact) mass is 259 g/mol. The maximum Gasteiger partial charge on any atom is 0.339 e. The Balaban J connectivity index is 2.96. The Morgan fingerprint density at radius 2 is 2.12 bits per heavy atom. The van der Waals surface area contributed by atoms with Gasteiger partial charge in [0.1, 0.15) is 5.82 Å². The molecule has 0 unspecified atom stereocenters. The topological polar surface area (TPSA) is 100 Å². The first-order chi connectivity index (χ1) is 7.71. The number of carbonyl (C=O) groups is 1. The molecule has 0 saturated carbocycles. The van der Waals surface area contributed by atoms with Gasteiger partial charge in [-0.2, -0.15) is 4.31 Å². The van der Waals surface area contributed by atoms with E-state index in [1.165, 1.54) is 20.2 Å². The maximum atomic E-state index is 11.2. The Morgan fingerprint density at radius 3 is 2.53 bits per heavy atom. The zero-order chi connectivity index (χ0) is 13.2. The van der Waals surface area contributed by atoms with Gasteiger partial charge in [-0.1, -0.05) is 0 Å². The Kier molecular flexibility index (Phi) is 3.79. The highest BCUT2D eigenvalue weighted by Gasteiger charge is 2.15. The Labute approximate surface area is 99.2 Å². The van der Waals surface area contributed by atoms with Crippen molar-refractivity contribution in [1.29, 1.82) is 0 Å². The molecule has 0 aliphatic carbocycles. The number of hydrogen-bond donors (Lipinski definition) is 1. The number of rotatable bonds is 4. The molecule has 0 bridgehead atoms. The number of aromatic nitrogens is 2. The van der Waals surface area contributed by atoms with Crippen LogP contribution in [-0.4, -0.2) is 47.1 Å². The smallest absolute Gasteiger partial charge is 0.339 e. The summed E-state index contributed by atoms with van der Waals surface area (Å²) in [6, 6.07) is 0. The first-order valence-corrected chi connectivity index (χ1v) is 6.53. The van der Waals surface area contributed by atoms with E-state index in [1.54, 1.807) is 0 Å². The van der Waals surface area contributed by atoms with Crippen molar-refractivity contribution in [1.82, 2.24) is 14.3 Å². The number of sulfonamides is 1. The van der Waals surface area contributed by atoms with Gasteiger partial charge in [-0.3, -0.25) is 0 Å². The average Bonchev–Trinajstić information content (AvgIpc) is 2.15. The van der Waals surface area contributed by atoms with Crippen molar-refractivity contribution in [2.24, 2.45) is 0 Å². The van der Waals surface area contributed by atoms with Crippen LogP contribution < -0.4 is 0 Å². The molecule has 0 spiro atoms. The molecule has 17 heavy (non-hydrogen) atoms. The van der Waals surface area contributed by atoms with E-state index < -0.39 is 16.0 Å². The van der Waals surface area contributed by atoms with Gasteiger partial charge >= 0.3 is 5.97 Å². The summed E-state index contributed by atoms with van der Waals surface area (Å²) in [5, 5.41) is 8.78. The van der Waals surface area contributed by atoms with Gasteiger partial charge in [0.15, 0.2) is 0 Å². The third kappa shape index (κ3) is 3.46. The second-order valence-electron chi connectivity index (χ2n) is 3.61. The summed E-state index contributed by atoms with van der Waals surface area (Å²) in [4.78, 5) is 18.5. The van der Waals surface area contributed by atoms with E-state index in [9.17, 15) is 13.2 Å². The normalized spacial score (nSPS) is 11.8. The fourth-order valence-electron chi connectivity index (χ4n) is 1.12. The van der Waals surface area contributed by atoms with Gasteiger partial charge in [0, 0.05) is 13.2 Å². The fraction of sp³-hybridized carbons (Fsp3) is 0.444. The molecule has 0 atom stereocenters. The molecule has 8 heteroatoms. The van der Waals surface area contributed by atoms with Gasteiger partial charge in [-0.05, 0) is 6.92 Å². The molecular formula is C9H13N3O4S. The molecule has 0 aliphatic rings. The number of nitrogens with zero attached hydrogens (tertiary/aromatic N) is 3. The molecule has 94 valence electrons. The van der Waals surface area contributed by atoms with Gasteiger partial charge in [-0.15, -0.1) is 0 Å². The van der Waals surface area contributed by atoms with Crippen molar-refractivity contribution >= 4 is 16.0 Å². The highest BCUT2D eigenvalue weighted by Crippen LogP contribution is 2.06. The largest absolute Gasteiger partial charge is 0.478 e. The quantitative estimate of drug-likeness (QED) is 0.808. The van der Waals surface area contributed by atoms with Crippen LogP contribution in [0.15, 0.2) is 6.20 Å². The van der Waals surface area contributed by atoms with Gasteiger partial charge in [0.25, 0.3) is 0 Å². The summed E-state index contributed by atoms with van der Waals surface area (Å²) in [5.41, 5.74) is 0.320. The minimum Gasteiger partial charge on any atom is -0.478 e. The van der Waals surface area contributed by atoms with E-state index in [1.807, 2.05) is 0 Å². The van der Waals surface area contributed by atoms with E-state index in [0.717, 1.165) is 10.6 Å². The molecule has 1 aromatic rings. The number of aromatic carboxylic acids is 1. The lowest BCUT2D eigenvalue weighted by Gasteiger charge is -2.13. The predicted octanol–water partition coefficient (Wildman–Crippen LogP) is -0.125. The van der Waals surface area contributed by atoms with Crippen LogP contribution in [0, 0.1) is 6.92 Å². The fourth-order valence-corrected chi connectivity index (χ4v) is 1.47. The van der Waals surface area contributed by atoms with Crippen molar-refractivity contribution in [2.75, 3.05) is 13.3 Å². The predicted molar refractivity (Wildman–Crippen MR) is 60.0 cm³/mol. The van der Waals surface area contributed by atoms with Crippen molar-refractivity contribution < 1.29 is 18.3 Å². The Morgan fingerprint density at radius 1 is 1.53 bits per heavy atom. The van der Waals surface area contributed by atoms with Crippen LogP contribution in [0.4, 0.5) is 0 Å². The summed E-state index contributed by atoms with van der Waals surface area (Å²) in [6.45, 7) is 1.55. The Bertz CT molecular complexity index is 541. The lowest BCUT2D eigenvalue weighted by Crippen LogP contribution is -2.26. The van der Waals surface area contributed by atoms with E-state index in [2.05, 4.69) is 9.97 Å². The van der Waals surface area contributed by atoms with Gasteiger partial charge in [0.2, 0.25) is 10.0 Å². The standard InChI is InChI=1S/C9H13N3O4S/c1-6-7(9(13)14)4-10-8(11-6)5-12(2)17(3,15)16/h4H,5H2,1-3H3,(H,13,14). The summed E-state index contributed by atoms with van der Waals surface area (Å²) in [7, 11) is -1.90. The molecular weight excluding hydrogens is 246 g/mol. The summed E-state index contributed by atoms with van der Waals surface area (Å²) in [5.74, 6) is -0.842. The SMILES string of the molecule is Cc1nc(CN(C)S(C)(=O)=O)ncc1C(=O)O. The summed E-state index contributed by atoms with van der Waals surface area (Å²) < 4.78 is 23.4.